The molecule has 0 radical (unpaired) electrons. The number of anilines is 1. The minimum atomic E-state index is -4.54. The summed E-state index contributed by atoms with van der Waals surface area (Å²) in [4.78, 5) is 29.0. The molecule has 1 aliphatic carbocycles. The highest BCUT2D eigenvalue weighted by atomic mass is 19.4. The lowest BCUT2D eigenvalue weighted by atomic mass is 9.86. The molecule has 1 aromatic heterocycles. The third-order valence-corrected chi connectivity index (χ3v) is 4.41. The number of aromatic nitrogens is 1. The van der Waals surface area contributed by atoms with Crippen LogP contribution in [0.1, 0.15) is 18.5 Å². The van der Waals surface area contributed by atoms with Crippen LogP contribution in [-0.4, -0.2) is 34.8 Å². The van der Waals surface area contributed by atoms with Crippen molar-refractivity contribution in [3.63, 3.8) is 0 Å². The number of amides is 2. The minimum Gasteiger partial charge on any atom is -0.334 e. The van der Waals surface area contributed by atoms with Crippen LogP contribution < -0.4 is 5.32 Å². The average Bonchev–Trinajstić information content (AvgIpc) is 2.97. The van der Waals surface area contributed by atoms with Crippen molar-refractivity contribution in [1.29, 1.82) is 0 Å². The van der Waals surface area contributed by atoms with Gasteiger partial charge in [0.1, 0.15) is 5.69 Å². The predicted molar refractivity (Wildman–Crippen MR) is 79.8 cm³/mol. The number of nitrogens with one attached hydrogen (secondary N) is 1. The van der Waals surface area contributed by atoms with Gasteiger partial charge in [-0.3, -0.25) is 9.59 Å². The van der Waals surface area contributed by atoms with Crippen molar-refractivity contribution in [2.75, 3.05) is 18.4 Å². The molecule has 2 aliphatic rings. The number of alkyl halides is 3. The van der Waals surface area contributed by atoms with Gasteiger partial charge in [0.05, 0.1) is 11.9 Å². The van der Waals surface area contributed by atoms with E-state index >= 15 is 0 Å². The highest BCUT2D eigenvalue weighted by Gasteiger charge is 2.37. The van der Waals surface area contributed by atoms with Crippen molar-refractivity contribution < 1.29 is 22.8 Å². The van der Waals surface area contributed by atoms with Crippen molar-refractivity contribution >= 4 is 17.5 Å². The molecule has 0 unspecified atom stereocenters. The van der Waals surface area contributed by atoms with E-state index in [1.165, 1.54) is 4.90 Å². The van der Waals surface area contributed by atoms with Gasteiger partial charge in [-0.15, -0.1) is 0 Å². The summed E-state index contributed by atoms with van der Waals surface area (Å²) in [5.41, 5.74) is -0.998. The van der Waals surface area contributed by atoms with E-state index in [1.54, 1.807) is 0 Å². The van der Waals surface area contributed by atoms with Gasteiger partial charge in [-0.2, -0.15) is 13.2 Å². The summed E-state index contributed by atoms with van der Waals surface area (Å²) in [5, 5.41) is 2.30. The smallest absolute Gasteiger partial charge is 0.334 e. The van der Waals surface area contributed by atoms with E-state index in [0.29, 0.717) is 24.9 Å². The summed E-state index contributed by atoms with van der Waals surface area (Å²) in [5.74, 6) is -0.772. The third-order valence-electron chi connectivity index (χ3n) is 4.41. The Labute approximate surface area is 136 Å². The maximum Gasteiger partial charge on any atom is 0.433 e. The molecule has 24 heavy (non-hydrogen) atoms. The molecular formula is C16H16F3N3O2. The quantitative estimate of drug-likeness (QED) is 0.631. The number of nitrogens with zero attached hydrogens (tertiary/aromatic N) is 2. The van der Waals surface area contributed by atoms with E-state index in [2.05, 4.69) is 22.5 Å². The van der Waals surface area contributed by atoms with E-state index in [9.17, 15) is 22.8 Å². The summed E-state index contributed by atoms with van der Waals surface area (Å²) in [6.45, 7) is 1.07. The van der Waals surface area contributed by atoms with Crippen LogP contribution in [0.15, 0.2) is 30.5 Å². The Kier molecular flexibility index (Phi) is 4.29. The number of carbonyl (C=O) groups is 2. The van der Waals surface area contributed by atoms with Gasteiger partial charge in [-0.1, -0.05) is 12.2 Å². The first-order valence-corrected chi connectivity index (χ1v) is 7.63. The van der Waals surface area contributed by atoms with Gasteiger partial charge < -0.3 is 10.2 Å². The van der Waals surface area contributed by atoms with Gasteiger partial charge in [0.15, 0.2) is 0 Å². The van der Waals surface area contributed by atoms with Crippen molar-refractivity contribution in [3.05, 3.63) is 36.2 Å². The zero-order valence-corrected chi connectivity index (χ0v) is 12.7. The monoisotopic (exact) mass is 339 g/mol. The fraction of sp³-hybridized carbons (Fsp3) is 0.438. The molecule has 5 nitrogen and oxygen atoms in total. The Morgan fingerprint density at radius 1 is 1.12 bits per heavy atom. The van der Waals surface area contributed by atoms with Crippen LogP contribution in [0.5, 0.6) is 0 Å². The van der Waals surface area contributed by atoms with Gasteiger partial charge in [0.2, 0.25) is 0 Å². The first-order valence-electron chi connectivity index (χ1n) is 7.63. The molecule has 8 heteroatoms. The Morgan fingerprint density at radius 2 is 1.75 bits per heavy atom. The molecule has 1 aromatic rings. The van der Waals surface area contributed by atoms with Crippen LogP contribution in [-0.2, 0) is 15.8 Å². The summed E-state index contributed by atoms with van der Waals surface area (Å²) in [7, 11) is 0. The van der Waals surface area contributed by atoms with Crippen molar-refractivity contribution in [3.8, 4) is 0 Å². The second-order valence-corrected chi connectivity index (χ2v) is 6.06. The van der Waals surface area contributed by atoms with Crippen LogP contribution >= 0.6 is 0 Å². The largest absolute Gasteiger partial charge is 0.433 e. The van der Waals surface area contributed by atoms with Gasteiger partial charge in [0.25, 0.3) is 0 Å². The molecule has 128 valence electrons. The first kappa shape index (κ1) is 16.5. The maximum absolute atomic E-state index is 12.4. The lowest BCUT2D eigenvalue weighted by Gasteiger charge is -2.17. The Morgan fingerprint density at radius 3 is 2.25 bits per heavy atom. The standard InChI is InChI=1S/C16H16F3N3O2/c17-16(18,19)13-6-5-12(7-20-13)21-14(23)15(24)22-8-10-3-1-2-4-11(10)9-22/h1-2,5-7,10-11H,3-4,8-9H2,(H,21,23)/t10-,11+. The van der Waals surface area contributed by atoms with Gasteiger partial charge in [-0.25, -0.2) is 4.98 Å². The van der Waals surface area contributed by atoms with Crippen molar-refractivity contribution in [2.45, 2.75) is 19.0 Å². The molecule has 1 N–H and O–H groups in total. The normalized spacial score (nSPS) is 23.0. The summed E-state index contributed by atoms with van der Waals surface area (Å²) >= 11 is 0. The fourth-order valence-corrected chi connectivity index (χ4v) is 3.14. The summed E-state index contributed by atoms with van der Waals surface area (Å²) < 4.78 is 37.3. The molecular weight excluding hydrogens is 323 g/mol. The zero-order chi connectivity index (χ0) is 17.3. The second kappa shape index (κ2) is 6.26. The number of pyridine rings is 1. The summed E-state index contributed by atoms with van der Waals surface area (Å²) in [6, 6.07) is 1.84. The van der Waals surface area contributed by atoms with Crippen molar-refractivity contribution in [1.82, 2.24) is 9.88 Å². The Hall–Kier alpha value is -2.38. The van der Waals surface area contributed by atoms with E-state index in [-0.39, 0.29) is 5.69 Å². The molecule has 0 saturated carbocycles. The fourth-order valence-electron chi connectivity index (χ4n) is 3.14. The third kappa shape index (κ3) is 3.42. The number of allylic oxidation sites excluding steroid dienone is 2. The number of halogens is 3. The highest BCUT2D eigenvalue weighted by Crippen LogP contribution is 2.33. The molecule has 1 fully saturated rings. The van der Waals surface area contributed by atoms with E-state index in [0.717, 1.165) is 31.2 Å². The lowest BCUT2D eigenvalue weighted by molar-refractivity contribution is -0.142. The van der Waals surface area contributed by atoms with Gasteiger partial charge in [0, 0.05) is 13.1 Å². The molecule has 0 aromatic carbocycles. The average molecular weight is 339 g/mol. The van der Waals surface area contributed by atoms with Crippen LogP contribution in [0, 0.1) is 11.8 Å². The molecule has 3 rings (SSSR count). The highest BCUT2D eigenvalue weighted by molar-refractivity contribution is 6.39. The van der Waals surface area contributed by atoms with Gasteiger partial charge in [-0.05, 0) is 36.8 Å². The predicted octanol–water partition coefficient (Wildman–Crippen LogP) is 2.46. The minimum absolute atomic E-state index is 0.0552. The number of rotatable bonds is 1. The molecule has 1 aliphatic heterocycles. The first-order chi connectivity index (χ1) is 11.3. The Bertz CT molecular complexity index is 654. The topological polar surface area (TPSA) is 62.3 Å². The number of likely N-dealkylation sites (tertiary alicyclic amines) is 1. The van der Waals surface area contributed by atoms with Crippen molar-refractivity contribution in [2.24, 2.45) is 11.8 Å². The second-order valence-electron chi connectivity index (χ2n) is 6.06. The number of hydrogen-bond acceptors (Lipinski definition) is 3. The lowest BCUT2D eigenvalue weighted by Crippen LogP contribution is -2.38. The number of fused-ring (bicyclic) bond motifs is 1. The van der Waals surface area contributed by atoms with E-state index in [4.69, 9.17) is 0 Å². The van der Waals surface area contributed by atoms with E-state index < -0.39 is 23.7 Å². The van der Waals surface area contributed by atoms with E-state index in [1.807, 2.05) is 0 Å². The molecule has 0 spiro atoms. The van der Waals surface area contributed by atoms with Gasteiger partial charge >= 0.3 is 18.0 Å². The van der Waals surface area contributed by atoms with Crippen LogP contribution in [0.3, 0.4) is 0 Å². The number of carbonyl (C=O) groups excluding carboxylic acids is 2. The molecule has 2 heterocycles. The maximum atomic E-state index is 12.4. The molecule has 2 atom stereocenters. The van der Waals surface area contributed by atoms with Crippen LogP contribution in [0.4, 0.5) is 18.9 Å². The molecule has 1 saturated heterocycles. The summed E-state index contributed by atoms with van der Waals surface area (Å²) in [6.07, 6.45) is 2.32. The van der Waals surface area contributed by atoms with Crippen LogP contribution in [0.25, 0.3) is 0 Å². The zero-order valence-electron chi connectivity index (χ0n) is 12.7. The van der Waals surface area contributed by atoms with Crippen LogP contribution in [0.2, 0.25) is 0 Å². The number of hydrogen-bond donors (Lipinski definition) is 1. The Balaban J connectivity index is 1.60. The SMILES string of the molecule is O=C(Nc1ccc(C(F)(F)F)nc1)C(=O)N1C[C@H]2CC=CC[C@H]2C1. The molecule has 0 bridgehead atoms. The molecule has 2 amide bonds.